The fraction of sp³-hybridized carbons (Fsp3) is 0.200. The molecule has 3 aromatic rings. The van der Waals surface area contributed by atoms with Crippen LogP contribution in [0.2, 0.25) is 0 Å². The maximum atomic E-state index is 10.7. The Kier molecular flexibility index (Phi) is 5.76. The van der Waals surface area contributed by atoms with Gasteiger partial charge in [-0.25, -0.2) is 0 Å². The number of benzene rings is 3. The molecule has 0 unspecified atom stereocenters. The van der Waals surface area contributed by atoms with Gasteiger partial charge in [0.15, 0.2) is 17.5 Å². The second-order valence-corrected chi connectivity index (χ2v) is 7.22. The molecule has 2 atom stereocenters. The van der Waals surface area contributed by atoms with Gasteiger partial charge in [0.05, 0.1) is 32.0 Å². The van der Waals surface area contributed by atoms with Crippen LogP contribution in [0.15, 0.2) is 77.9 Å². The summed E-state index contributed by atoms with van der Waals surface area (Å²) in [5.41, 5.74) is 3.36. The highest BCUT2D eigenvalue weighted by Gasteiger charge is 2.36. The number of nitriles is 1. The molecule has 1 heterocycles. The zero-order valence-electron chi connectivity index (χ0n) is 17.4. The lowest BCUT2D eigenvalue weighted by atomic mass is 9.96. The largest absolute Gasteiger partial charge is 0.504 e. The van der Waals surface area contributed by atoms with E-state index in [0.29, 0.717) is 17.7 Å². The molecule has 0 spiro atoms. The van der Waals surface area contributed by atoms with Crippen LogP contribution >= 0.6 is 0 Å². The molecule has 1 aliphatic heterocycles. The van der Waals surface area contributed by atoms with E-state index in [2.05, 4.69) is 6.07 Å². The number of methoxy groups -OCH3 is 2. The Morgan fingerprint density at radius 3 is 2.39 bits per heavy atom. The van der Waals surface area contributed by atoms with Crippen LogP contribution in [0, 0.1) is 11.3 Å². The Morgan fingerprint density at radius 1 is 1.00 bits per heavy atom. The Bertz CT molecular complexity index is 1120. The van der Waals surface area contributed by atoms with Crippen LogP contribution in [-0.4, -0.2) is 30.0 Å². The molecule has 6 nitrogen and oxygen atoms in total. The second-order valence-electron chi connectivity index (χ2n) is 7.22. The minimum Gasteiger partial charge on any atom is -0.504 e. The van der Waals surface area contributed by atoms with E-state index < -0.39 is 6.04 Å². The Balaban J connectivity index is 1.78. The zero-order valence-corrected chi connectivity index (χ0v) is 17.4. The summed E-state index contributed by atoms with van der Waals surface area (Å²) in [6.07, 6.45) is 0.638. The summed E-state index contributed by atoms with van der Waals surface area (Å²) in [7, 11) is 3.12. The third-order valence-electron chi connectivity index (χ3n) is 5.48. The van der Waals surface area contributed by atoms with Crippen molar-refractivity contribution in [1.82, 2.24) is 5.01 Å². The molecule has 31 heavy (non-hydrogen) atoms. The van der Waals surface area contributed by atoms with E-state index in [1.807, 2.05) is 54.6 Å². The molecule has 0 aromatic heterocycles. The fourth-order valence-corrected chi connectivity index (χ4v) is 3.86. The molecule has 0 saturated carbocycles. The van der Waals surface area contributed by atoms with Gasteiger partial charge in [0, 0.05) is 12.0 Å². The van der Waals surface area contributed by atoms with Crippen molar-refractivity contribution in [3.05, 3.63) is 89.5 Å². The van der Waals surface area contributed by atoms with E-state index >= 15 is 0 Å². The minimum atomic E-state index is -0.781. The van der Waals surface area contributed by atoms with Crippen LogP contribution in [0.25, 0.3) is 0 Å². The lowest BCUT2D eigenvalue weighted by molar-refractivity contribution is 0.193. The maximum absolute atomic E-state index is 10.7. The average Bonchev–Trinajstić information content (AvgIpc) is 3.26. The van der Waals surface area contributed by atoms with Crippen molar-refractivity contribution in [3.8, 4) is 23.3 Å². The highest BCUT2D eigenvalue weighted by Crippen LogP contribution is 2.43. The van der Waals surface area contributed by atoms with Crippen molar-refractivity contribution < 1.29 is 14.6 Å². The van der Waals surface area contributed by atoms with E-state index in [9.17, 15) is 10.4 Å². The lowest BCUT2D eigenvalue weighted by Crippen LogP contribution is -2.24. The van der Waals surface area contributed by atoms with Gasteiger partial charge in [-0.05, 0) is 41.5 Å². The molecule has 4 rings (SSSR count). The number of phenolic OH excluding ortho intramolecular Hbond substituents is 1. The number of ether oxygens (including phenoxy) is 2. The molecule has 6 heteroatoms. The summed E-state index contributed by atoms with van der Waals surface area (Å²) in [5.74, 6) is 1.05. The summed E-state index contributed by atoms with van der Waals surface area (Å²) < 4.78 is 10.5. The Labute approximate surface area is 181 Å². The molecule has 156 valence electrons. The molecule has 0 aliphatic carbocycles. The van der Waals surface area contributed by atoms with Crippen LogP contribution < -0.4 is 9.47 Å². The summed E-state index contributed by atoms with van der Waals surface area (Å²) in [6, 6.07) is 24.3. The van der Waals surface area contributed by atoms with E-state index in [-0.39, 0.29) is 11.8 Å². The molecule has 0 saturated heterocycles. The maximum Gasteiger partial charge on any atom is 0.164 e. The normalized spacial score (nSPS) is 16.4. The fourth-order valence-electron chi connectivity index (χ4n) is 3.86. The number of aromatic hydroxyl groups is 1. The third kappa shape index (κ3) is 3.90. The second kappa shape index (κ2) is 8.80. The first-order valence-electron chi connectivity index (χ1n) is 9.97. The van der Waals surface area contributed by atoms with Gasteiger partial charge in [0.2, 0.25) is 0 Å². The van der Waals surface area contributed by atoms with E-state index in [1.54, 1.807) is 30.3 Å². The first-order chi connectivity index (χ1) is 15.2. The van der Waals surface area contributed by atoms with Crippen molar-refractivity contribution in [1.29, 1.82) is 5.26 Å². The Hall–Kier alpha value is -3.98. The van der Waals surface area contributed by atoms with Gasteiger partial charge in [-0.3, -0.25) is 5.01 Å². The number of phenols is 1. The van der Waals surface area contributed by atoms with Gasteiger partial charge in [-0.1, -0.05) is 42.5 Å². The average molecular weight is 413 g/mol. The molecule has 0 radical (unpaired) electrons. The first kappa shape index (κ1) is 20.3. The standard InChI is InChI=1S/C25H23N3O3/c1-30-19-13-11-17(12-14-19)21-15-22(18-7-4-3-5-8-18)28(27-21)23(16-26)20-9-6-10-24(31-2)25(20)29/h3-14,22-23,29H,15H2,1-2H3/t22-,23-/m1/s1. The smallest absolute Gasteiger partial charge is 0.164 e. The topological polar surface area (TPSA) is 78.1 Å². The predicted octanol–water partition coefficient (Wildman–Crippen LogP) is 4.83. The minimum absolute atomic E-state index is 0.0449. The van der Waals surface area contributed by atoms with Crippen molar-refractivity contribution in [2.75, 3.05) is 14.2 Å². The first-order valence-corrected chi connectivity index (χ1v) is 9.97. The van der Waals surface area contributed by atoms with Gasteiger partial charge < -0.3 is 14.6 Å². The Morgan fingerprint density at radius 2 is 1.74 bits per heavy atom. The molecule has 1 N–H and O–H groups in total. The van der Waals surface area contributed by atoms with Crippen molar-refractivity contribution in [3.63, 3.8) is 0 Å². The number of hydrogen-bond acceptors (Lipinski definition) is 6. The summed E-state index contributed by atoms with van der Waals surface area (Å²) in [4.78, 5) is 0. The van der Waals surface area contributed by atoms with Gasteiger partial charge in [0.1, 0.15) is 5.75 Å². The van der Waals surface area contributed by atoms with E-state index in [0.717, 1.165) is 22.6 Å². The van der Waals surface area contributed by atoms with Crippen molar-refractivity contribution in [2.24, 2.45) is 5.10 Å². The van der Waals surface area contributed by atoms with Crippen LogP contribution in [-0.2, 0) is 0 Å². The molecular formula is C25H23N3O3. The van der Waals surface area contributed by atoms with E-state index in [1.165, 1.54) is 7.11 Å². The predicted molar refractivity (Wildman–Crippen MR) is 118 cm³/mol. The zero-order chi connectivity index (χ0) is 21.8. The molecular weight excluding hydrogens is 390 g/mol. The number of rotatable bonds is 6. The van der Waals surface area contributed by atoms with Crippen LogP contribution in [0.5, 0.6) is 17.2 Å². The highest BCUT2D eigenvalue weighted by molar-refractivity contribution is 6.02. The number of hydrazone groups is 1. The van der Waals surface area contributed by atoms with Crippen LogP contribution in [0.4, 0.5) is 0 Å². The summed E-state index contributed by atoms with van der Waals surface area (Å²) >= 11 is 0. The molecule has 0 amide bonds. The monoisotopic (exact) mass is 413 g/mol. The van der Waals surface area contributed by atoms with Crippen LogP contribution in [0.1, 0.15) is 35.2 Å². The molecule has 0 bridgehead atoms. The molecule has 1 aliphatic rings. The summed E-state index contributed by atoms with van der Waals surface area (Å²) in [6.45, 7) is 0. The molecule has 0 fully saturated rings. The van der Waals surface area contributed by atoms with Gasteiger partial charge in [-0.2, -0.15) is 10.4 Å². The number of para-hydroxylation sites is 1. The lowest BCUT2D eigenvalue weighted by Gasteiger charge is -2.29. The van der Waals surface area contributed by atoms with Crippen molar-refractivity contribution >= 4 is 5.71 Å². The van der Waals surface area contributed by atoms with Gasteiger partial charge in [-0.15, -0.1) is 0 Å². The summed E-state index contributed by atoms with van der Waals surface area (Å²) in [5, 5.41) is 27.4. The van der Waals surface area contributed by atoms with Gasteiger partial charge in [0.25, 0.3) is 0 Å². The van der Waals surface area contributed by atoms with Gasteiger partial charge >= 0.3 is 0 Å². The van der Waals surface area contributed by atoms with Crippen molar-refractivity contribution in [2.45, 2.75) is 18.5 Å². The number of nitrogens with zero attached hydrogens (tertiary/aromatic N) is 3. The SMILES string of the molecule is COc1ccc(C2=NN([C@H](C#N)c3cccc(OC)c3O)[C@@H](c3ccccc3)C2)cc1. The van der Waals surface area contributed by atoms with E-state index in [4.69, 9.17) is 14.6 Å². The quantitative estimate of drug-likeness (QED) is 0.627. The highest BCUT2D eigenvalue weighted by atomic mass is 16.5. The number of hydrogen-bond donors (Lipinski definition) is 1. The third-order valence-corrected chi connectivity index (χ3v) is 5.48. The van der Waals surface area contributed by atoms with Crippen LogP contribution in [0.3, 0.4) is 0 Å². The molecule has 3 aromatic carbocycles.